The van der Waals surface area contributed by atoms with Crippen molar-refractivity contribution < 1.29 is 14.3 Å². The zero-order valence-corrected chi connectivity index (χ0v) is 11.3. The second-order valence-electron chi connectivity index (χ2n) is 4.63. The third-order valence-corrected chi connectivity index (χ3v) is 3.69. The Morgan fingerprint density at radius 2 is 2.28 bits per heavy atom. The van der Waals surface area contributed by atoms with E-state index in [1.54, 1.807) is 6.07 Å². The van der Waals surface area contributed by atoms with E-state index >= 15 is 0 Å². The van der Waals surface area contributed by atoms with Gasteiger partial charge in [-0.2, -0.15) is 0 Å². The van der Waals surface area contributed by atoms with Crippen LogP contribution in [0, 0.1) is 11.2 Å². The average molecular weight is 317 g/mol. The molecule has 98 valence electrons. The molecule has 0 bridgehead atoms. The lowest BCUT2D eigenvalue weighted by Gasteiger charge is -2.16. The quantitative estimate of drug-likeness (QED) is 0.380. The first-order valence-corrected chi connectivity index (χ1v) is 6.38. The lowest BCUT2D eigenvalue weighted by molar-refractivity contribution is 0.234. The van der Waals surface area contributed by atoms with E-state index in [1.165, 1.54) is 12.1 Å². The van der Waals surface area contributed by atoms with E-state index in [1.807, 2.05) is 0 Å². The second kappa shape index (κ2) is 5.14. The van der Waals surface area contributed by atoms with Crippen LogP contribution in [0.2, 0.25) is 0 Å². The molecular weight excluding hydrogens is 303 g/mol. The zero-order valence-electron chi connectivity index (χ0n) is 9.70. The summed E-state index contributed by atoms with van der Waals surface area (Å²) >= 11 is 3.25. The molecule has 6 heteroatoms. The number of benzene rings is 1. The SMILES string of the molecule is NC(CC1(COc2ccc(F)cc2Br)CC1)=NO. The molecule has 1 saturated carbocycles. The monoisotopic (exact) mass is 316 g/mol. The molecule has 0 amide bonds. The smallest absolute Gasteiger partial charge is 0.139 e. The zero-order chi connectivity index (χ0) is 13.2. The Hall–Kier alpha value is -1.30. The molecule has 0 unspecified atom stereocenters. The molecular formula is C12H14BrFN2O2. The minimum atomic E-state index is -0.313. The lowest BCUT2D eigenvalue weighted by atomic mass is 10.0. The third kappa shape index (κ3) is 3.13. The normalized spacial score (nSPS) is 17.6. The summed E-state index contributed by atoms with van der Waals surface area (Å²) < 4.78 is 19.2. The van der Waals surface area contributed by atoms with Gasteiger partial charge in [-0.25, -0.2) is 4.39 Å². The number of halogens is 2. The average Bonchev–Trinajstić information content (AvgIpc) is 3.08. The second-order valence-corrected chi connectivity index (χ2v) is 5.49. The van der Waals surface area contributed by atoms with E-state index in [2.05, 4.69) is 21.1 Å². The van der Waals surface area contributed by atoms with Gasteiger partial charge in [-0.15, -0.1) is 0 Å². The van der Waals surface area contributed by atoms with E-state index in [9.17, 15) is 4.39 Å². The van der Waals surface area contributed by atoms with Crippen LogP contribution in [0.1, 0.15) is 19.3 Å². The molecule has 0 saturated heterocycles. The molecule has 1 aromatic rings. The Morgan fingerprint density at radius 3 is 2.83 bits per heavy atom. The minimum absolute atomic E-state index is 0.0376. The number of nitrogens with two attached hydrogens (primary N) is 1. The van der Waals surface area contributed by atoms with Crippen LogP contribution in [0.15, 0.2) is 27.8 Å². The molecule has 18 heavy (non-hydrogen) atoms. The van der Waals surface area contributed by atoms with Gasteiger partial charge in [0.05, 0.1) is 11.1 Å². The molecule has 0 spiro atoms. The first kappa shape index (κ1) is 13.1. The van der Waals surface area contributed by atoms with Crippen LogP contribution in [-0.4, -0.2) is 17.6 Å². The maximum Gasteiger partial charge on any atom is 0.139 e. The van der Waals surface area contributed by atoms with Gasteiger partial charge >= 0.3 is 0 Å². The van der Waals surface area contributed by atoms with Crippen LogP contribution in [0.3, 0.4) is 0 Å². The Kier molecular flexibility index (Phi) is 3.75. The molecule has 0 atom stereocenters. The first-order valence-electron chi connectivity index (χ1n) is 5.59. The molecule has 0 aromatic heterocycles. The summed E-state index contributed by atoms with van der Waals surface area (Å²) in [6.07, 6.45) is 2.49. The highest BCUT2D eigenvalue weighted by Gasteiger charge is 2.44. The summed E-state index contributed by atoms with van der Waals surface area (Å²) in [4.78, 5) is 0. The highest BCUT2D eigenvalue weighted by atomic mass is 79.9. The molecule has 1 aliphatic carbocycles. The number of oxime groups is 1. The largest absolute Gasteiger partial charge is 0.492 e. The van der Waals surface area contributed by atoms with Gasteiger partial charge in [0.2, 0.25) is 0 Å². The Balaban J connectivity index is 1.95. The van der Waals surface area contributed by atoms with E-state index in [4.69, 9.17) is 15.7 Å². The van der Waals surface area contributed by atoms with E-state index in [-0.39, 0.29) is 17.1 Å². The van der Waals surface area contributed by atoms with Crippen molar-refractivity contribution >= 4 is 21.8 Å². The predicted octanol–water partition coefficient (Wildman–Crippen LogP) is 2.88. The van der Waals surface area contributed by atoms with Crippen LogP contribution in [-0.2, 0) is 0 Å². The van der Waals surface area contributed by atoms with Gasteiger partial charge in [0, 0.05) is 11.8 Å². The fourth-order valence-electron chi connectivity index (χ4n) is 1.79. The van der Waals surface area contributed by atoms with Gasteiger partial charge in [0.15, 0.2) is 0 Å². The number of rotatable bonds is 5. The van der Waals surface area contributed by atoms with Gasteiger partial charge in [0.25, 0.3) is 0 Å². The number of nitrogens with zero attached hydrogens (tertiary/aromatic N) is 1. The summed E-state index contributed by atoms with van der Waals surface area (Å²) in [6.45, 7) is 0.480. The molecule has 1 fully saturated rings. The van der Waals surface area contributed by atoms with Crippen molar-refractivity contribution in [3.8, 4) is 5.75 Å². The first-order chi connectivity index (χ1) is 8.54. The lowest BCUT2D eigenvalue weighted by Crippen LogP contribution is -2.22. The van der Waals surface area contributed by atoms with Crippen LogP contribution in [0.4, 0.5) is 4.39 Å². The molecule has 1 aromatic carbocycles. The fourth-order valence-corrected chi connectivity index (χ4v) is 2.26. The van der Waals surface area contributed by atoms with E-state index < -0.39 is 0 Å². The molecule has 2 rings (SSSR count). The van der Waals surface area contributed by atoms with Gasteiger partial charge in [-0.3, -0.25) is 0 Å². The highest BCUT2D eigenvalue weighted by molar-refractivity contribution is 9.10. The number of amidine groups is 1. The summed E-state index contributed by atoms with van der Waals surface area (Å²) in [5, 5.41) is 11.5. The van der Waals surface area contributed by atoms with E-state index in [0.717, 1.165) is 12.8 Å². The summed E-state index contributed by atoms with van der Waals surface area (Å²) in [5.41, 5.74) is 5.47. The molecule has 0 radical (unpaired) electrons. The van der Waals surface area contributed by atoms with Crippen LogP contribution in [0.5, 0.6) is 5.75 Å². The van der Waals surface area contributed by atoms with Gasteiger partial charge in [-0.05, 0) is 47.0 Å². The van der Waals surface area contributed by atoms with Crippen molar-refractivity contribution in [1.29, 1.82) is 0 Å². The molecule has 4 nitrogen and oxygen atoms in total. The molecule has 0 aliphatic heterocycles. The molecule has 3 N–H and O–H groups in total. The van der Waals surface area contributed by atoms with Crippen molar-refractivity contribution in [2.75, 3.05) is 6.61 Å². The topological polar surface area (TPSA) is 67.8 Å². The predicted molar refractivity (Wildman–Crippen MR) is 69.3 cm³/mol. The fraction of sp³-hybridized carbons (Fsp3) is 0.417. The Bertz CT molecular complexity index is 475. The van der Waals surface area contributed by atoms with Crippen LogP contribution >= 0.6 is 15.9 Å². The van der Waals surface area contributed by atoms with Gasteiger partial charge < -0.3 is 15.7 Å². The summed E-state index contributed by atoms with van der Waals surface area (Å²) in [6, 6.07) is 4.29. The standard InChI is InChI=1S/C12H14BrFN2O2/c13-9-5-8(14)1-2-10(9)18-7-12(3-4-12)6-11(15)16-17/h1-2,5,17H,3-4,6-7H2,(H2,15,16). The number of hydrogen-bond donors (Lipinski definition) is 2. The summed E-state index contributed by atoms with van der Waals surface area (Å²) in [7, 11) is 0. The van der Waals surface area contributed by atoms with Crippen molar-refractivity contribution in [1.82, 2.24) is 0 Å². The Morgan fingerprint density at radius 1 is 1.56 bits per heavy atom. The minimum Gasteiger partial charge on any atom is -0.492 e. The maximum atomic E-state index is 12.9. The molecule has 0 heterocycles. The van der Waals surface area contributed by atoms with Crippen molar-refractivity contribution in [3.63, 3.8) is 0 Å². The molecule has 1 aliphatic rings. The highest BCUT2D eigenvalue weighted by Crippen LogP contribution is 2.49. The summed E-state index contributed by atoms with van der Waals surface area (Å²) in [5.74, 6) is 0.503. The number of ether oxygens (including phenoxy) is 1. The Labute approximate surface area is 113 Å². The van der Waals surface area contributed by atoms with Crippen molar-refractivity contribution in [3.05, 3.63) is 28.5 Å². The van der Waals surface area contributed by atoms with Gasteiger partial charge in [-0.1, -0.05) is 5.16 Å². The van der Waals surface area contributed by atoms with E-state index in [0.29, 0.717) is 23.2 Å². The van der Waals surface area contributed by atoms with Gasteiger partial charge in [0.1, 0.15) is 17.4 Å². The maximum absolute atomic E-state index is 12.9. The van der Waals surface area contributed by atoms with Crippen LogP contribution in [0.25, 0.3) is 0 Å². The van der Waals surface area contributed by atoms with Crippen LogP contribution < -0.4 is 10.5 Å². The number of hydrogen-bond acceptors (Lipinski definition) is 3. The van der Waals surface area contributed by atoms with Crippen molar-refractivity contribution in [2.45, 2.75) is 19.3 Å². The third-order valence-electron chi connectivity index (χ3n) is 3.07. The van der Waals surface area contributed by atoms with Crippen molar-refractivity contribution in [2.24, 2.45) is 16.3 Å².